The molecule has 1 saturated heterocycles. The van der Waals surface area contributed by atoms with Crippen molar-refractivity contribution < 1.29 is 26.4 Å². The fourth-order valence-electron chi connectivity index (χ4n) is 4.25. The molecule has 0 radical (unpaired) electrons. The first-order chi connectivity index (χ1) is 16.0. The van der Waals surface area contributed by atoms with Gasteiger partial charge in [-0.1, -0.05) is 24.3 Å². The van der Waals surface area contributed by atoms with Crippen LogP contribution in [0.15, 0.2) is 53.4 Å². The monoisotopic (exact) mass is 491 g/mol. The Labute approximate surface area is 196 Å². The van der Waals surface area contributed by atoms with Crippen LogP contribution < -0.4 is 0 Å². The third-order valence-electron chi connectivity index (χ3n) is 6.20. The normalized spacial score (nSPS) is 15.6. The van der Waals surface area contributed by atoms with Crippen molar-refractivity contribution in [1.82, 2.24) is 14.2 Å². The molecule has 1 aliphatic heterocycles. The number of fused-ring (bicyclic) bond motifs is 1. The molecule has 1 aliphatic rings. The van der Waals surface area contributed by atoms with Gasteiger partial charge in [-0.25, -0.2) is 8.42 Å². The maximum atomic E-state index is 13.0. The van der Waals surface area contributed by atoms with Crippen molar-refractivity contribution in [2.45, 2.75) is 31.3 Å². The van der Waals surface area contributed by atoms with Crippen LogP contribution in [0.2, 0.25) is 0 Å². The molecule has 0 unspecified atom stereocenters. The van der Waals surface area contributed by atoms with E-state index in [2.05, 4.69) is 4.98 Å². The van der Waals surface area contributed by atoms with Gasteiger partial charge in [0.2, 0.25) is 15.9 Å². The summed E-state index contributed by atoms with van der Waals surface area (Å²) < 4.78 is 65.9. The average molecular weight is 492 g/mol. The zero-order valence-electron chi connectivity index (χ0n) is 18.8. The van der Waals surface area contributed by atoms with Crippen LogP contribution >= 0.6 is 0 Å². The van der Waals surface area contributed by atoms with E-state index in [1.54, 1.807) is 4.90 Å². The van der Waals surface area contributed by atoms with Gasteiger partial charge in [0.15, 0.2) is 0 Å². The molecule has 0 spiro atoms. The van der Waals surface area contributed by atoms with Gasteiger partial charge < -0.3 is 4.90 Å². The van der Waals surface area contributed by atoms with E-state index < -0.39 is 26.7 Å². The summed E-state index contributed by atoms with van der Waals surface area (Å²) in [4.78, 5) is 18.8. The van der Waals surface area contributed by atoms with Crippen LogP contribution in [0.25, 0.3) is 10.9 Å². The van der Waals surface area contributed by atoms with Gasteiger partial charge in [-0.2, -0.15) is 17.5 Å². The molecule has 2 aromatic carbocycles. The van der Waals surface area contributed by atoms with E-state index in [9.17, 15) is 26.4 Å². The standard InChI is InChI=1S/C24H24F3N3O3S/c1-16-20-8-3-4-9-22(20)28-17(2)21(16)15-23(31)29-10-12-30(13-11-29)34(32,33)19-7-5-6-18(14-19)24(25,26)27/h3-9,14H,10-13,15H2,1-2H3. The Morgan fingerprint density at radius 2 is 1.68 bits per heavy atom. The second-order valence-electron chi connectivity index (χ2n) is 8.31. The van der Waals surface area contributed by atoms with Crippen LogP contribution in [0.1, 0.15) is 22.4 Å². The van der Waals surface area contributed by atoms with Gasteiger partial charge in [-0.05, 0) is 49.2 Å². The first kappa shape index (κ1) is 24.2. The molecule has 1 aromatic heterocycles. The number of hydrogen-bond acceptors (Lipinski definition) is 4. The summed E-state index contributed by atoms with van der Waals surface area (Å²) in [5.74, 6) is -0.139. The quantitative estimate of drug-likeness (QED) is 0.554. The number of amides is 1. The zero-order valence-corrected chi connectivity index (χ0v) is 19.6. The van der Waals surface area contributed by atoms with Gasteiger partial charge in [-0.3, -0.25) is 9.78 Å². The fraction of sp³-hybridized carbons (Fsp3) is 0.333. The zero-order chi connectivity index (χ0) is 24.7. The minimum absolute atomic E-state index is 0.0122. The second-order valence-corrected chi connectivity index (χ2v) is 10.2. The molecule has 180 valence electrons. The number of rotatable bonds is 4. The maximum absolute atomic E-state index is 13.0. The van der Waals surface area contributed by atoms with Gasteiger partial charge in [-0.15, -0.1) is 0 Å². The van der Waals surface area contributed by atoms with Crippen LogP contribution in [-0.4, -0.2) is 54.7 Å². The Morgan fingerprint density at radius 3 is 2.35 bits per heavy atom. The molecule has 3 aromatic rings. The third-order valence-corrected chi connectivity index (χ3v) is 8.10. The van der Waals surface area contributed by atoms with E-state index in [4.69, 9.17) is 0 Å². The Hall–Kier alpha value is -2.98. The summed E-state index contributed by atoms with van der Waals surface area (Å²) in [5.41, 5.74) is 2.46. The number of pyridine rings is 1. The van der Waals surface area contributed by atoms with E-state index in [1.807, 2.05) is 38.1 Å². The lowest BCUT2D eigenvalue weighted by molar-refractivity contribution is -0.137. The number of hydrogen-bond donors (Lipinski definition) is 0. The number of alkyl halides is 3. The molecule has 10 heteroatoms. The van der Waals surface area contributed by atoms with Gasteiger partial charge in [0, 0.05) is 37.3 Å². The molecule has 6 nitrogen and oxygen atoms in total. The number of carbonyl (C=O) groups is 1. The smallest absolute Gasteiger partial charge is 0.340 e. The van der Waals surface area contributed by atoms with Gasteiger partial charge in [0.1, 0.15) is 0 Å². The highest BCUT2D eigenvalue weighted by atomic mass is 32.2. The van der Waals surface area contributed by atoms with E-state index in [0.717, 1.165) is 50.2 Å². The minimum Gasteiger partial charge on any atom is -0.340 e. The van der Waals surface area contributed by atoms with E-state index in [0.29, 0.717) is 6.07 Å². The molecule has 2 heterocycles. The number of piperazine rings is 1. The highest BCUT2D eigenvalue weighted by molar-refractivity contribution is 7.89. The van der Waals surface area contributed by atoms with Gasteiger partial charge in [0.05, 0.1) is 22.4 Å². The van der Waals surface area contributed by atoms with Crippen LogP contribution in [0.3, 0.4) is 0 Å². The first-order valence-electron chi connectivity index (χ1n) is 10.8. The summed E-state index contributed by atoms with van der Waals surface area (Å²) in [7, 11) is -4.11. The van der Waals surface area contributed by atoms with Crippen molar-refractivity contribution in [2.75, 3.05) is 26.2 Å². The van der Waals surface area contributed by atoms with Crippen molar-refractivity contribution in [3.05, 3.63) is 70.9 Å². The molecule has 0 N–H and O–H groups in total. The average Bonchev–Trinajstić information content (AvgIpc) is 2.81. The predicted octanol–water partition coefficient (Wildman–Crippen LogP) is 3.95. The Bertz CT molecular complexity index is 1350. The number of aromatic nitrogens is 1. The number of nitrogens with zero attached hydrogens (tertiary/aromatic N) is 3. The number of para-hydroxylation sites is 1. The molecule has 1 amide bonds. The minimum atomic E-state index is -4.63. The highest BCUT2D eigenvalue weighted by Gasteiger charge is 2.34. The molecule has 34 heavy (non-hydrogen) atoms. The lowest BCUT2D eigenvalue weighted by atomic mass is 9.99. The third kappa shape index (κ3) is 4.65. The Balaban J connectivity index is 1.46. The SMILES string of the molecule is Cc1nc2ccccc2c(C)c1CC(=O)N1CCN(S(=O)(=O)c2cccc(C(F)(F)F)c2)CC1. The first-order valence-corrected chi connectivity index (χ1v) is 12.2. The number of sulfonamides is 1. The van der Waals surface area contributed by atoms with E-state index in [-0.39, 0.29) is 38.5 Å². The lowest BCUT2D eigenvalue weighted by Gasteiger charge is -2.34. The van der Waals surface area contributed by atoms with Crippen LogP contribution in [0.5, 0.6) is 0 Å². The summed E-state index contributed by atoms with van der Waals surface area (Å²) >= 11 is 0. The van der Waals surface area contributed by atoms with Gasteiger partial charge in [0.25, 0.3) is 0 Å². The highest BCUT2D eigenvalue weighted by Crippen LogP contribution is 2.31. The van der Waals surface area contributed by atoms with Crippen molar-refractivity contribution in [1.29, 1.82) is 0 Å². The lowest BCUT2D eigenvalue weighted by Crippen LogP contribution is -2.50. The predicted molar refractivity (Wildman–Crippen MR) is 122 cm³/mol. The van der Waals surface area contributed by atoms with Crippen molar-refractivity contribution in [2.24, 2.45) is 0 Å². The molecule has 4 rings (SSSR count). The summed E-state index contributed by atoms with van der Waals surface area (Å²) in [5, 5.41) is 0.980. The number of halogens is 3. The van der Waals surface area contributed by atoms with Crippen molar-refractivity contribution in [3.8, 4) is 0 Å². The van der Waals surface area contributed by atoms with Crippen molar-refractivity contribution >= 4 is 26.8 Å². The number of carbonyl (C=O) groups excluding carboxylic acids is 1. The topological polar surface area (TPSA) is 70.6 Å². The number of aryl methyl sites for hydroxylation is 2. The van der Waals surface area contributed by atoms with E-state index in [1.165, 1.54) is 0 Å². The maximum Gasteiger partial charge on any atom is 0.416 e. The van der Waals surface area contributed by atoms with Crippen LogP contribution in [0, 0.1) is 13.8 Å². The number of benzene rings is 2. The van der Waals surface area contributed by atoms with Gasteiger partial charge >= 0.3 is 6.18 Å². The molecular weight excluding hydrogens is 467 g/mol. The molecule has 0 bridgehead atoms. The second kappa shape index (κ2) is 8.99. The fourth-order valence-corrected chi connectivity index (χ4v) is 5.72. The molecule has 1 fully saturated rings. The van der Waals surface area contributed by atoms with Crippen molar-refractivity contribution in [3.63, 3.8) is 0 Å². The Morgan fingerprint density at radius 1 is 1.00 bits per heavy atom. The largest absolute Gasteiger partial charge is 0.416 e. The summed E-state index contributed by atoms with van der Waals surface area (Å²) in [6.07, 6.45) is -4.49. The molecule has 0 atom stereocenters. The van der Waals surface area contributed by atoms with E-state index >= 15 is 0 Å². The molecule has 0 aliphatic carbocycles. The van der Waals surface area contributed by atoms with Crippen LogP contribution in [-0.2, 0) is 27.4 Å². The molecular formula is C24H24F3N3O3S. The van der Waals surface area contributed by atoms with Crippen LogP contribution in [0.4, 0.5) is 13.2 Å². The Kier molecular flexibility index (Phi) is 6.39. The summed E-state index contributed by atoms with van der Waals surface area (Å²) in [6.45, 7) is 4.17. The summed E-state index contributed by atoms with van der Waals surface area (Å²) in [6, 6.07) is 11.4. The molecule has 0 saturated carbocycles.